The fraction of sp³-hybridized carbons (Fsp3) is 1.00. The van der Waals surface area contributed by atoms with E-state index in [2.05, 4.69) is 39.9 Å². The van der Waals surface area contributed by atoms with Crippen molar-refractivity contribution in [3.8, 4) is 0 Å². The van der Waals surface area contributed by atoms with Crippen LogP contribution in [-0.4, -0.2) is 25.8 Å². The molecule has 0 amide bonds. The van der Waals surface area contributed by atoms with Crippen LogP contribution >= 0.6 is 0 Å². The van der Waals surface area contributed by atoms with Crippen molar-refractivity contribution in [2.24, 2.45) is 5.41 Å². The van der Waals surface area contributed by atoms with Crippen LogP contribution in [0.15, 0.2) is 0 Å². The van der Waals surface area contributed by atoms with E-state index in [9.17, 15) is 0 Å². The van der Waals surface area contributed by atoms with Gasteiger partial charge in [-0.25, -0.2) is 0 Å². The van der Waals surface area contributed by atoms with Crippen LogP contribution in [0.3, 0.4) is 0 Å². The summed E-state index contributed by atoms with van der Waals surface area (Å²) in [6, 6.07) is 0.532. The first kappa shape index (κ1) is 14.9. The molecule has 2 heteroatoms. The molecule has 0 rings (SSSR count). The molecule has 1 unspecified atom stereocenters. The molecule has 0 spiro atoms. The van der Waals surface area contributed by atoms with Gasteiger partial charge in [-0.15, -0.1) is 0 Å². The molecule has 0 radical (unpaired) electrons. The van der Waals surface area contributed by atoms with E-state index in [1.54, 1.807) is 0 Å². The summed E-state index contributed by atoms with van der Waals surface area (Å²) in [5.74, 6) is 0. The molecule has 1 atom stereocenters. The average Bonchev–Trinajstić information content (AvgIpc) is 2.15. The second-order valence-corrected chi connectivity index (χ2v) is 5.44. The van der Waals surface area contributed by atoms with Gasteiger partial charge in [-0.05, 0) is 31.2 Å². The fourth-order valence-electron chi connectivity index (χ4n) is 1.27. The molecule has 0 saturated carbocycles. The van der Waals surface area contributed by atoms with Crippen molar-refractivity contribution in [1.82, 2.24) is 5.32 Å². The Hall–Kier alpha value is -0.0800. The maximum absolute atomic E-state index is 5.70. The summed E-state index contributed by atoms with van der Waals surface area (Å²) in [6.45, 7) is 14.0. The zero-order valence-corrected chi connectivity index (χ0v) is 11.2. The lowest BCUT2D eigenvalue weighted by molar-refractivity contribution is 0.0889. The van der Waals surface area contributed by atoms with Gasteiger partial charge < -0.3 is 10.1 Å². The molecular formula is C13H29NO. The first-order valence-corrected chi connectivity index (χ1v) is 6.30. The molecule has 0 aromatic heterocycles. The van der Waals surface area contributed by atoms with E-state index in [-0.39, 0.29) is 0 Å². The molecule has 0 saturated heterocycles. The Balaban J connectivity index is 3.46. The molecule has 0 aliphatic carbocycles. The molecule has 2 nitrogen and oxygen atoms in total. The van der Waals surface area contributed by atoms with Crippen LogP contribution < -0.4 is 5.32 Å². The highest BCUT2D eigenvalue weighted by Crippen LogP contribution is 2.17. The number of nitrogens with one attached hydrogen (secondary N) is 1. The van der Waals surface area contributed by atoms with Gasteiger partial charge in [-0.2, -0.15) is 0 Å². The highest BCUT2D eigenvalue weighted by atomic mass is 16.5. The van der Waals surface area contributed by atoms with Crippen LogP contribution in [0.2, 0.25) is 0 Å². The molecule has 92 valence electrons. The monoisotopic (exact) mass is 215 g/mol. The SMILES string of the molecule is CCCNC(CC)COCCC(C)(C)C. The van der Waals surface area contributed by atoms with Gasteiger partial charge in [0, 0.05) is 12.6 Å². The Labute approximate surface area is 95.8 Å². The van der Waals surface area contributed by atoms with Crippen LogP contribution in [0.1, 0.15) is 53.9 Å². The van der Waals surface area contributed by atoms with E-state index in [4.69, 9.17) is 4.74 Å². The topological polar surface area (TPSA) is 21.3 Å². The van der Waals surface area contributed by atoms with Crippen LogP contribution in [0.25, 0.3) is 0 Å². The second-order valence-electron chi connectivity index (χ2n) is 5.44. The predicted octanol–water partition coefficient (Wildman–Crippen LogP) is 3.22. The quantitative estimate of drug-likeness (QED) is 0.628. The minimum absolute atomic E-state index is 0.387. The van der Waals surface area contributed by atoms with Crippen molar-refractivity contribution < 1.29 is 4.74 Å². The standard InChI is InChI=1S/C13H29NO/c1-6-9-14-12(7-2)11-15-10-8-13(3,4)5/h12,14H,6-11H2,1-5H3. The molecule has 0 aliphatic heterocycles. The van der Waals surface area contributed by atoms with Gasteiger partial charge >= 0.3 is 0 Å². The highest BCUT2D eigenvalue weighted by molar-refractivity contribution is 4.64. The molecular weight excluding hydrogens is 186 g/mol. The van der Waals surface area contributed by atoms with Crippen LogP contribution in [0.5, 0.6) is 0 Å². The van der Waals surface area contributed by atoms with Crippen molar-refractivity contribution in [3.63, 3.8) is 0 Å². The fourth-order valence-corrected chi connectivity index (χ4v) is 1.27. The third-order valence-corrected chi connectivity index (χ3v) is 2.49. The van der Waals surface area contributed by atoms with E-state index in [1.165, 1.54) is 6.42 Å². The van der Waals surface area contributed by atoms with Gasteiger partial charge in [0.25, 0.3) is 0 Å². The second kappa shape index (κ2) is 8.12. The van der Waals surface area contributed by atoms with Gasteiger partial charge in [0.2, 0.25) is 0 Å². The Morgan fingerprint density at radius 3 is 2.33 bits per heavy atom. The minimum atomic E-state index is 0.387. The van der Waals surface area contributed by atoms with Gasteiger partial charge in [0.05, 0.1) is 6.61 Å². The Kier molecular flexibility index (Phi) is 8.07. The lowest BCUT2D eigenvalue weighted by atomic mass is 9.93. The summed E-state index contributed by atoms with van der Waals surface area (Å²) in [4.78, 5) is 0. The molecule has 0 bridgehead atoms. The van der Waals surface area contributed by atoms with E-state index in [1.807, 2.05) is 0 Å². The van der Waals surface area contributed by atoms with E-state index >= 15 is 0 Å². The summed E-state index contributed by atoms with van der Waals surface area (Å²) in [7, 11) is 0. The van der Waals surface area contributed by atoms with Gasteiger partial charge in [0.1, 0.15) is 0 Å². The Morgan fingerprint density at radius 1 is 1.20 bits per heavy atom. The first-order valence-electron chi connectivity index (χ1n) is 6.30. The van der Waals surface area contributed by atoms with Crippen LogP contribution in [-0.2, 0) is 4.74 Å². The smallest absolute Gasteiger partial charge is 0.0619 e. The van der Waals surface area contributed by atoms with Crippen molar-refractivity contribution in [3.05, 3.63) is 0 Å². The zero-order chi connectivity index (χ0) is 11.7. The van der Waals surface area contributed by atoms with Crippen molar-refractivity contribution in [2.75, 3.05) is 19.8 Å². The van der Waals surface area contributed by atoms with Crippen LogP contribution in [0.4, 0.5) is 0 Å². The van der Waals surface area contributed by atoms with Gasteiger partial charge in [-0.1, -0.05) is 34.6 Å². The summed E-state index contributed by atoms with van der Waals surface area (Å²) >= 11 is 0. The summed E-state index contributed by atoms with van der Waals surface area (Å²) in [6.07, 6.45) is 3.48. The molecule has 0 aromatic rings. The Bertz CT molecular complexity index is 140. The maximum Gasteiger partial charge on any atom is 0.0619 e. The number of ether oxygens (including phenoxy) is 1. The molecule has 15 heavy (non-hydrogen) atoms. The normalized spacial score (nSPS) is 14.2. The lowest BCUT2D eigenvalue weighted by Crippen LogP contribution is -2.33. The third kappa shape index (κ3) is 10.2. The third-order valence-electron chi connectivity index (χ3n) is 2.49. The van der Waals surface area contributed by atoms with Crippen molar-refractivity contribution in [1.29, 1.82) is 0 Å². The molecule has 1 N–H and O–H groups in total. The summed E-state index contributed by atoms with van der Waals surface area (Å²) in [5.41, 5.74) is 0.387. The maximum atomic E-state index is 5.70. The van der Waals surface area contributed by atoms with Gasteiger partial charge in [0.15, 0.2) is 0 Å². The molecule has 0 aliphatic rings. The number of hydrogen-bond donors (Lipinski definition) is 1. The van der Waals surface area contributed by atoms with E-state index in [0.29, 0.717) is 11.5 Å². The molecule has 0 fully saturated rings. The van der Waals surface area contributed by atoms with E-state index < -0.39 is 0 Å². The number of hydrogen-bond acceptors (Lipinski definition) is 2. The summed E-state index contributed by atoms with van der Waals surface area (Å²) in [5, 5.41) is 3.49. The zero-order valence-electron chi connectivity index (χ0n) is 11.2. The number of rotatable bonds is 8. The first-order chi connectivity index (χ1) is 6.99. The highest BCUT2D eigenvalue weighted by Gasteiger charge is 2.10. The molecule has 0 aromatic carbocycles. The van der Waals surface area contributed by atoms with Crippen LogP contribution in [0, 0.1) is 5.41 Å². The van der Waals surface area contributed by atoms with Crippen molar-refractivity contribution in [2.45, 2.75) is 59.9 Å². The van der Waals surface area contributed by atoms with Gasteiger partial charge in [-0.3, -0.25) is 0 Å². The predicted molar refractivity (Wildman–Crippen MR) is 67.3 cm³/mol. The minimum Gasteiger partial charge on any atom is -0.380 e. The molecule has 0 heterocycles. The Morgan fingerprint density at radius 2 is 1.87 bits per heavy atom. The van der Waals surface area contributed by atoms with Crippen molar-refractivity contribution >= 4 is 0 Å². The largest absolute Gasteiger partial charge is 0.380 e. The summed E-state index contributed by atoms with van der Waals surface area (Å²) < 4.78 is 5.70. The average molecular weight is 215 g/mol. The lowest BCUT2D eigenvalue weighted by Gasteiger charge is -2.20. The van der Waals surface area contributed by atoms with E-state index in [0.717, 1.165) is 32.6 Å².